The Labute approximate surface area is 114 Å². The topological polar surface area (TPSA) is 29.9 Å². The fourth-order valence-corrected chi connectivity index (χ4v) is 2.55. The lowest BCUT2D eigenvalue weighted by Gasteiger charge is -2.20. The van der Waals surface area contributed by atoms with E-state index in [4.69, 9.17) is 0 Å². The molecule has 0 aliphatic heterocycles. The molecule has 1 aromatic carbocycles. The van der Waals surface area contributed by atoms with E-state index in [2.05, 4.69) is 65.3 Å². The highest BCUT2D eigenvalue weighted by Crippen LogP contribution is 2.23. The molecule has 0 saturated heterocycles. The van der Waals surface area contributed by atoms with Crippen LogP contribution in [0.25, 0.3) is 0 Å². The second kappa shape index (κ2) is 5.17. The molecule has 1 saturated carbocycles. The zero-order valence-electron chi connectivity index (χ0n) is 11.6. The Morgan fingerprint density at radius 3 is 2.58 bits per heavy atom. The summed E-state index contributed by atoms with van der Waals surface area (Å²) in [4.78, 5) is 0. The molecule has 1 N–H and O–H groups in total. The highest BCUT2D eigenvalue weighted by Gasteiger charge is 2.24. The summed E-state index contributed by atoms with van der Waals surface area (Å²) in [5.74, 6) is 0. The van der Waals surface area contributed by atoms with E-state index < -0.39 is 0 Å². The van der Waals surface area contributed by atoms with E-state index in [0.717, 1.165) is 18.3 Å². The summed E-state index contributed by atoms with van der Waals surface area (Å²) >= 11 is 0. The van der Waals surface area contributed by atoms with Crippen molar-refractivity contribution in [2.24, 2.45) is 0 Å². The van der Waals surface area contributed by atoms with Crippen LogP contribution >= 0.6 is 0 Å². The van der Waals surface area contributed by atoms with Crippen LogP contribution in [0.3, 0.4) is 0 Å². The summed E-state index contributed by atoms with van der Waals surface area (Å²) in [5, 5.41) is 8.29. The molecule has 3 heteroatoms. The fourth-order valence-electron chi connectivity index (χ4n) is 2.55. The first-order valence-electron chi connectivity index (χ1n) is 7.05. The minimum atomic E-state index is 0.287. The first kappa shape index (κ1) is 12.4. The number of hydrogen-bond acceptors (Lipinski definition) is 2. The van der Waals surface area contributed by atoms with Gasteiger partial charge in [-0.25, -0.2) is 0 Å². The van der Waals surface area contributed by atoms with Gasteiger partial charge in [-0.05, 0) is 38.3 Å². The Kier molecular flexibility index (Phi) is 3.38. The van der Waals surface area contributed by atoms with Crippen molar-refractivity contribution in [1.82, 2.24) is 15.1 Å². The average Bonchev–Trinajstić information content (AvgIpc) is 3.17. The molecule has 1 aliphatic carbocycles. The Balaban J connectivity index is 1.88. The number of hydrogen-bond donors (Lipinski definition) is 1. The molecule has 0 bridgehead atoms. The number of nitrogens with one attached hydrogen (secondary N) is 1. The van der Waals surface area contributed by atoms with Crippen molar-refractivity contribution in [2.75, 3.05) is 6.54 Å². The van der Waals surface area contributed by atoms with Gasteiger partial charge < -0.3 is 5.32 Å². The largest absolute Gasteiger partial charge is 0.312 e. The van der Waals surface area contributed by atoms with Gasteiger partial charge in [0, 0.05) is 18.3 Å². The molecule has 1 aromatic heterocycles. The number of aromatic nitrogens is 2. The predicted molar refractivity (Wildman–Crippen MR) is 77.3 cm³/mol. The van der Waals surface area contributed by atoms with Crippen LogP contribution in [0.1, 0.15) is 35.8 Å². The van der Waals surface area contributed by atoms with Gasteiger partial charge >= 0.3 is 0 Å². The third-order valence-corrected chi connectivity index (χ3v) is 3.70. The molecule has 1 atom stereocenters. The van der Waals surface area contributed by atoms with Crippen LogP contribution in [0, 0.1) is 13.8 Å². The molecule has 1 fully saturated rings. The molecule has 0 spiro atoms. The summed E-state index contributed by atoms with van der Waals surface area (Å²) in [6.45, 7) is 5.14. The molecule has 2 aromatic rings. The highest BCUT2D eigenvalue weighted by molar-refractivity contribution is 5.22. The van der Waals surface area contributed by atoms with Crippen molar-refractivity contribution in [3.05, 3.63) is 53.3 Å². The monoisotopic (exact) mass is 255 g/mol. The summed E-state index contributed by atoms with van der Waals surface area (Å²) in [6, 6.07) is 13.8. The number of aryl methyl sites for hydroxylation is 2. The SMILES string of the molecule is Cc1cc(C)n(C(CNC2CC2)c2ccccc2)n1. The van der Waals surface area contributed by atoms with Crippen molar-refractivity contribution in [1.29, 1.82) is 0 Å². The van der Waals surface area contributed by atoms with E-state index in [0.29, 0.717) is 0 Å². The smallest absolute Gasteiger partial charge is 0.0896 e. The van der Waals surface area contributed by atoms with Gasteiger partial charge in [0.2, 0.25) is 0 Å². The van der Waals surface area contributed by atoms with Crippen LogP contribution in [0.4, 0.5) is 0 Å². The fraction of sp³-hybridized carbons (Fsp3) is 0.438. The van der Waals surface area contributed by atoms with Crippen LogP contribution < -0.4 is 5.32 Å². The number of rotatable bonds is 5. The lowest BCUT2D eigenvalue weighted by Crippen LogP contribution is -2.29. The summed E-state index contributed by atoms with van der Waals surface area (Å²) < 4.78 is 2.15. The maximum absolute atomic E-state index is 4.66. The van der Waals surface area contributed by atoms with Gasteiger partial charge in [-0.2, -0.15) is 5.10 Å². The van der Waals surface area contributed by atoms with Crippen LogP contribution in [0.2, 0.25) is 0 Å². The second-order valence-electron chi connectivity index (χ2n) is 5.48. The standard InChI is InChI=1S/C16H21N3/c1-12-10-13(2)19(18-12)16(11-17-15-8-9-15)14-6-4-3-5-7-14/h3-7,10,15-17H,8-9,11H2,1-2H3. The predicted octanol–water partition coefficient (Wildman–Crippen LogP) is 2.84. The molecule has 0 amide bonds. The molecular weight excluding hydrogens is 234 g/mol. The van der Waals surface area contributed by atoms with Crippen LogP contribution in [0.5, 0.6) is 0 Å². The van der Waals surface area contributed by atoms with Gasteiger partial charge in [0.1, 0.15) is 0 Å². The van der Waals surface area contributed by atoms with Gasteiger partial charge in [0.05, 0.1) is 11.7 Å². The quantitative estimate of drug-likeness (QED) is 0.890. The molecule has 100 valence electrons. The zero-order chi connectivity index (χ0) is 13.2. The molecule has 19 heavy (non-hydrogen) atoms. The minimum Gasteiger partial charge on any atom is -0.312 e. The lowest BCUT2D eigenvalue weighted by molar-refractivity contribution is 0.468. The summed E-state index contributed by atoms with van der Waals surface area (Å²) in [6.07, 6.45) is 2.64. The van der Waals surface area contributed by atoms with E-state index in [-0.39, 0.29) is 6.04 Å². The first-order chi connectivity index (χ1) is 9.24. The number of benzene rings is 1. The van der Waals surface area contributed by atoms with Crippen molar-refractivity contribution in [3.8, 4) is 0 Å². The second-order valence-corrected chi connectivity index (χ2v) is 5.48. The minimum absolute atomic E-state index is 0.287. The third-order valence-electron chi connectivity index (χ3n) is 3.70. The Bertz CT molecular complexity index is 540. The van der Waals surface area contributed by atoms with Crippen molar-refractivity contribution in [2.45, 2.75) is 38.8 Å². The van der Waals surface area contributed by atoms with Crippen LogP contribution in [-0.2, 0) is 0 Å². The average molecular weight is 255 g/mol. The Morgan fingerprint density at radius 1 is 1.26 bits per heavy atom. The van der Waals surface area contributed by atoms with Gasteiger partial charge in [-0.3, -0.25) is 4.68 Å². The Morgan fingerprint density at radius 2 is 2.00 bits per heavy atom. The Hall–Kier alpha value is -1.61. The van der Waals surface area contributed by atoms with E-state index in [1.807, 2.05) is 0 Å². The molecule has 1 heterocycles. The maximum Gasteiger partial charge on any atom is 0.0896 e. The molecular formula is C16H21N3. The summed E-state index contributed by atoms with van der Waals surface area (Å²) in [5.41, 5.74) is 3.63. The van der Waals surface area contributed by atoms with E-state index in [9.17, 15) is 0 Å². The van der Waals surface area contributed by atoms with E-state index in [1.54, 1.807) is 0 Å². The van der Waals surface area contributed by atoms with Crippen molar-refractivity contribution < 1.29 is 0 Å². The van der Waals surface area contributed by atoms with Gasteiger partial charge in [-0.15, -0.1) is 0 Å². The molecule has 3 rings (SSSR count). The van der Waals surface area contributed by atoms with Crippen molar-refractivity contribution in [3.63, 3.8) is 0 Å². The van der Waals surface area contributed by atoms with Crippen LogP contribution in [0.15, 0.2) is 36.4 Å². The molecule has 1 unspecified atom stereocenters. The molecule has 3 nitrogen and oxygen atoms in total. The van der Waals surface area contributed by atoms with Gasteiger partial charge in [-0.1, -0.05) is 30.3 Å². The van der Waals surface area contributed by atoms with Crippen LogP contribution in [-0.4, -0.2) is 22.4 Å². The first-order valence-corrected chi connectivity index (χ1v) is 7.05. The lowest BCUT2D eigenvalue weighted by atomic mass is 10.1. The third kappa shape index (κ3) is 2.87. The molecule has 0 radical (unpaired) electrons. The zero-order valence-corrected chi connectivity index (χ0v) is 11.6. The van der Waals surface area contributed by atoms with Gasteiger partial charge in [0.15, 0.2) is 0 Å². The summed E-state index contributed by atoms with van der Waals surface area (Å²) in [7, 11) is 0. The number of nitrogens with zero attached hydrogens (tertiary/aromatic N) is 2. The molecule has 1 aliphatic rings. The van der Waals surface area contributed by atoms with E-state index in [1.165, 1.54) is 24.1 Å². The highest BCUT2D eigenvalue weighted by atomic mass is 15.3. The van der Waals surface area contributed by atoms with E-state index >= 15 is 0 Å². The maximum atomic E-state index is 4.66. The van der Waals surface area contributed by atoms with Gasteiger partial charge in [0.25, 0.3) is 0 Å². The van der Waals surface area contributed by atoms with Crippen molar-refractivity contribution >= 4 is 0 Å². The normalized spacial score (nSPS) is 16.5.